The summed E-state index contributed by atoms with van der Waals surface area (Å²) in [6.07, 6.45) is -0.532. The molecule has 2 rings (SSSR count). The van der Waals surface area contributed by atoms with E-state index in [1.165, 1.54) is 13.2 Å². The van der Waals surface area contributed by atoms with Gasteiger partial charge in [0.1, 0.15) is 11.6 Å². The lowest BCUT2D eigenvalue weighted by Crippen LogP contribution is -2.23. The van der Waals surface area contributed by atoms with E-state index in [9.17, 15) is 21.6 Å². The molecule has 0 heterocycles. The van der Waals surface area contributed by atoms with E-state index in [-0.39, 0.29) is 30.0 Å². The number of nitrogens with one attached hydrogen (secondary N) is 1. The summed E-state index contributed by atoms with van der Waals surface area (Å²) in [4.78, 5) is 0. The molecule has 0 spiro atoms. The maximum atomic E-state index is 13.1. The number of rotatable bonds is 5. The standard InChI is InChI=1S/C13H16F3NO3S/c1-20-12-6-10(14)2-3-11(12)17-21(18,19)8-9-4-5-13(15,16)7-9/h2-3,6,9,17H,4-5,7-8H2,1H3. The fourth-order valence-electron chi connectivity index (χ4n) is 2.45. The Kier molecular flexibility index (Phi) is 4.36. The molecule has 1 unspecified atom stereocenters. The van der Waals surface area contributed by atoms with Crippen LogP contribution in [0.3, 0.4) is 0 Å². The largest absolute Gasteiger partial charge is 0.494 e. The minimum Gasteiger partial charge on any atom is -0.494 e. The molecule has 1 aromatic carbocycles. The number of sulfonamides is 1. The zero-order valence-electron chi connectivity index (χ0n) is 11.4. The van der Waals surface area contributed by atoms with E-state index in [0.717, 1.165) is 12.1 Å². The second kappa shape index (κ2) is 5.75. The summed E-state index contributed by atoms with van der Waals surface area (Å²) >= 11 is 0. The molecule has 118 valence electrons. The van der Waals surface area contributed by atoms with Crippen LogP contribution in [0.2, 0.25) is 0 Å². The highest BCUT2D eigenvalue weighted by atomic mass is 32.2. The lowest BCUT2D eigenvalue weighted by molar-refractivity contribution is 0.00592. The lowest BCUT2D eigenvalue weighted by atomic mass is 10.1. The number of ether oxygens (including phenoxy) is 1. The van der Waals surface area contributed by atoms with Crippen LogP contribution >= 0.6 is 0 Å². The molecule has 0 amide bonds. The first kappa shape index (κ1) is 15.9. The third kappa shape index (κ3) is 4.26. The number of halogens is 3. The number of hydrogen-bond donors (Lipinski definition) is 1. The van der Waals surface area contributed by atoms with Crippen molar-refractivity contribution in [3.05, 3.63) is 24.0 Å². The molecule has 1 atom stereocenters. The van der Waals surface area contributed by atoms with Gasteiger partial charge in [0.15, 0.2) is 0 Å². The summed E-state index contributed by atoms with van der Waals surface area (Å²) in [5, 5.41) is 0. The normalized spacial score (nSPS) is 21.2. The average molecular weight is 323 g/mol. The Morgan fingerprint density at radius 3 is 2.71 bits per heavy atom. The van der Waals surface area contributed by atoms with E-state index in [4.69, 9.17) is 4.74 Å². The van der Waals surface area contributed by atoms with Gasteiger partial charge in [0, 0.05) is 18.9 Å². The van der Waals surface area contributed by atoms with Crippen LogP contribution in [0.1, 0.15) is 19.3 Å². The molecule has 0 aliphatic heterocycles. The first-order valence-electron chi connectivity index (χ1n) is 6.43. The molecule has 1 N–H and O–H groups in total. The molecule has 0 saturated heterocycles. The molecule has 1 aliphatic carbocycles. The van der Waals surface area contributed by atoms with Gasteiger partial charge in [-0.25, -0.2) is 21.6 Å². The number of hydrogen-bond acceptors (Lipinski definition) is 3. The van der Waals surface area contributed by atoms with E-state index in [1.807, 2.05) is 0 Å². The van der Waals surface area contributed by atoms with Gasteiger partial charge in [0.25, 0.3) is 0 Å². The molecule has 1 aromatic rings. The van der Waals surface area contributed by atoms with Crippen LogP contribution in [-0.2, 0) is 10.0 Å². The number of anilines is 1. The Bertz CT molecular complexity index is 619. The van der Waals surface area contributed by atoms with Crippen molar-refractivity contribution in [2.45, 2.75) is 25.2 Å². The fourth-order valence-corrected chi connectivity index (χ4v) is 3.95. The van der Waals surface area contributed by atoms with E-state index in [2.05, 4.69) is 4.72 Å². The first-order chi connectivity index (χ1) is 9.71. The quantitative estimate of drug-likeness (QED) is 0.906. The van der Waals surface area contributed by atoms with E-state index in [1.54, 1.807) is 0 Å². The SMILES string of the molecule is COc1cc(F)ccc1NS(=O)(=O)CC1CCC(F)(F)C1. The van der Waals surface area contributed by atoms with Crippen LogP contribution in [0.15, 0.2) is 18.2 Å². The summed E-state index contributed by atoms with van der Waals surface area (Å²) in [6.45, 7) is 0. The molecular formula is C13H16F3NO3S. The Hall–Kier alpha value is -1.44. The summed E-state index contributed by atoms with van der Waals surface area (Å²) in [5.74, 6) is -4.28. The van der Waals surface area contributed by atoms with Crippen molar-refractivity contribution in [2.75, 3.05) is 17.6 Å². The smallest absolute Gasteiger partial charge is 0.248 e. The van der Waals surface area contributed by atoms with Crippen LogP contribution in [0.25, 0.3) is 0 Å². The summed E-state index contributed by atoms with van der Waals surface area (Å²) in [5.41, 5.74) is 0.0867. The average Bonchev–Trinajstić information content (AvgIpc) is 2.69. The van der Waals surface area contributed by atoms with Gasteiger partial charge in [-0.2, -0.15) is 0 Å². The van der Waals surface area contributed by atoms with Gasteiger partial charge in [-0.1, -0.05) is 0 Å². The van der Waals surface area contributed by atoms with E-state index < -0.39 is 34.1 Å². The van der Waals surface area contributed by atoms with Gasteiger partial charge in [0.05, 0.1) is 18.6 Å². The zero-order valence-corrected chi connectivity index (χ0v) is 12.2. The zero-order chi connectivity index (χ0) is 15.7. The second-order valence-corrected chi connectivity index (χ2v) is 6.96. The number of benzene rings is 1. The Morgan fingerprint density at radius 2 is 2.14 bits per heavy atom. The maximum Gasteiger partial charge on any atom is 0.248 e. The number of alkyl halides is 2. The van der Waals surface area contributed by atoms with Crippen molar-refractivity contribution in [3.8, 4) is 5.75 Å². The van der Waals surface area contributed by atoms with Crippen molar-refractivity contribution in [3.63, 3.8) is 0 Å². The molecule has 0 aromatic heterocycles. The van der Waals surface area contributed by atoms with Crippen molar-refractivity contribution in [2.24, 2.45) is 5.92 Å². The Balaban J connectivity index is 2.08. The van der Waals surface area contributed by atoms with Crippen molar-refractivity contribution in [1.82, 2.24) is 0 Å². The summed E-state index contributed by atoms with van der Waals surface area (Å²) < 4.78 is 70.4. The van der Waals surface area contributed by atoms with E-state index in [0.29, 0.717) is 0 Å². The fraction of sp³-hybridized carbons (Fsp3) is 0.538. The van der Waals surface area contributed by atoms with Gasteiger partial charge in [-0.15, -0.1) is 0 Å². The van der Waals surface area contributed by atoms with Gasteiger partial charge in [-0.3, -0.25) is 4.72 Å². The minimum absolute atomic E-state index is 0.0373. The van der Waals surface area contributed by atoms with Crippen LogP contribution in [0.4, 0.5) is 18.9 Å². The molecule has 1 saturated carbocycles. The van der Waals surface area contributed by atoms with Crippen LogP contribution in [0, 0.1) is 11.7 Å². The monoisotopic (exact) mass is 323 g/mol. The van der Waals surface area contributed by atoms with Crippen LogP contribution in [0.5, 0.6) is 5.75 Å². The van der Waals surface area contributed by atoms with Gasteiger partial charge >= 0.3 is 0 Å². The predicted octanol–water partition coefficient (Wildman–Crippen LogP) is 3.01. The maximum absolute atomic E-state index is 13.1. The molecule has 0 radical (unpaired) electrons. The lowest BCUT2D eigenvalue weighted by Gasteiger charge is -2.14. The molecule has 0 bridgehead atoms. The summed E-state index contributed by atoms with van der Waals surface area (Å²) in [7, 11) is -2.52. The van der Waals surface area contributed by atoms with Crippen molar-refractivity contribution < 1.29 is 26.3 Å². The van der Waals surface area contributed by atoms with Crippen LogP contribution in [-0.4, -0.2) is 27.2 Å². The molecule has 8 heteroatoms. The highest BCUT2D eigenvalue weighted by molar-refractivity contribution is 7.92. The van der Waals surface area contributed by atoms with Gasteiger partial charge in [0.2, 0.25) is 15.9 Å². The highest BCUT2D eigenvalue weighted by Gasteiger charge is 2.41. The first-order valence-corrected chi connectivity index (χ1v) is 8.08. The van der Waals surface area contributed by atoms with Crippen molar-refractivity contribution >= 4 is 15.7 Å². The van der Waals surface area contributed by atoms with Gasteiger partial charge in [-0.05, 0) is 24.5 Å². The third-order valence-electron chi connectivity index (χ3n) is 3.39. The van der Waals surface area contributed by atoms with Crippen LogP contribution < -0.4 is 9.46 Å². The highest BCUT2D eigenvalue weighted by Crippen LogP contribution is 2.39. The molecular weight excluding hydrogens is 307 g/mol. The number of methoxy groups -OCH3 is 1. The van der Waals surface area contributed by atoms with Gasteiger partial charge < -0.3 is 4.74 Å². The molecule has 1 fully saturated rings. The van der Waals surface area contributed by atoms with E-state index >= 15 is 0 Å². The Morgan fingerprint density at radius 1 is 1.43 bits per heavy atom. The topological polar surface area (TPSA) is 55.4 Å². The summed E-state index contributed by atoms with van der Waals surface area (Å²) in [6, 6.07) is 3.36. The molecule has 1 aliphatic rings. The second-order valence-electron chi connectivity index (χ2n) is 5.19. The van der Waals surface area contributed by atoms with Crippen molar-refractivity contribution in [1.29, 1.82) is 0 Å². The minimum atomic E-state index is -3.80. The predicted molar refractivity (Wildman–Crippen MR) is 72.6 cm³/mol. The Labute approximate surface area is 121 Å². The molecule has 21 heavy (non-hydrogen) atoms. The third-order valence-corrected chi connectivity index (χ3v) is 4.83. The molecule has 4 nitrogen and oxygen atoms in total.